The molecule has 0 spiro atoms. The van der Waals surface area contributed by atoms with Crippen molar-refractivity contribution in [1.82, 2.24) is 9.96 Å². The predicted octanol–water partition coefficient (Wildman–Crippen LogP) is 3.45. The zero-order valence-corrected chi connectivity index (χ0v) is 19.8. The van der Waals surface area contributed by atoms with Crippen molar-refractivity contribution < 1.29 is 28.0 Å². The van der Waals surface area contributed by atoms with Crippen molar-refractivity contribution in [3.05, 3.63) is 53.6 Å². The van der Waals surface area contributed by atoms with Crippen molar-refractivity contribution >= 4 is 33.4 Å². The average Bonchev–Trinajstić information content (AvgIpc) is 2.79. The van der Waals surface area contributed by atoms with Crippen LogP contribution in [0.15, 0.2) is 53.4 Å². The highest BCUT2D eigenvalue weighted by Crippen LogP contribution is 2.38. The Kier molecular flexibility index (Phi) is 7.20. The minimum absolute atomic E-state index is 0.0238. The number of nitrogens with two attached hydrogens (primary N) is 1. The molecule has 0 radical (unpaired) electrons. The number of benzene rings is 2. The number of carbonyl (C=O) groups is 2. The fourth-order valence-corrected chi connectivity index (χ4v) is 5.80. The van der Waals surface area contributed by atoms with Gasteiger partial charge >= 0.3 is 6.03 Å². The zero-order chi connectivity index (χ0) is 24.4. The van der Waals surface area contributed by atoms with E-state index in [0.717, 1.165) is 0 Å². The van der Waals surface area contributed by atoms with Gasteiger partial charge in [-0.3, -0.25) is 10.0 Å². The summed E-state index contributed by atoms with van der Waals surface area (Å²) < 4.78 is 31.2. The van der Waals surface area contributed by atoms with E-state index in [4.69, 9.17) is 22.1 Å². The lowest BCUT2D eigenvalue weighted by Gasteiger charge is -2.41. The van der Waals surface area contributed by atoms with Crippen molar-refractivity contribution in [3.63, 3.8) is 0 Å². The van der Waals surface area contributed by atoms with Crippen molar-refractivity contribution in [2.24, 2.45) is 5.73 Å². The topological polar surface area (TPSA) is 130 Å². The summed E-state index contributed by atoms with van der Waals surface area (Å²) in [5, 5.41) is 11.3. The van der Waals surface area contributed by atoms with E-state index in [0.29, 0.717) is 21.6 Å². The number of amides is 3. The number of likely N-dealkylation sites (tertiary alicyclic amines) is 1. The highest BCUT2D eigenvalue weighted by Gasteiger charge is 2.55. The molecule has 33 heavy (non-hydrogen) atoms. The van der Waals surface area contributed by atoms with Crippen molar-refractivity contribution in [1.29, 1.82) is 0 Å². The molecule has 1 fully saturated rings. The number of nitrogens with zero attached hydrogens (tertiary/aromatic N) is 2. The highest BCUT2D eigenvalue weighted by atomic mass is 35.5. The van der Waals surface area contributed by atoms with Gasteiger partial charge < -0.3 is 15.4 Å². The maximum Gasteiger partial charge on any atom is 0.314 e. The van der Waals surface area contributed by atoms with Crippen LogP contribution < -0.4 is 10.5 Å². The number of hydrogen-bond acceptors (Lipinski definition) is 6. The molecule has 3 rings (SSSR count). The summed E-state index contributed by atoms with van der Waals surface area (Å²) in [5.74, 6) is -0.0115. The second-order valence-electron chi connectivity index (χ2n) is 8.09. The molecular weight excluding hydrogens is 470 g/mol. The van der Waals surface area contributed by atoms with Gasteiger partial charge in [-0.1, -0.05) is 11.6 Å². The molecule has 1 heterocycles. The highest BCUT2D eigenvalue weighted by molar-refractivity contribution is 7.93. The van der Waals surface area contributed by atoms with E-state index in [-0.39, 0.29) is 30.8 Å². The number of sulfone groups is 1. The largest absolute Gasteiger partial charge is 0.457 e. The van der Waals surface area contributed by atoms with Gasteiger partial charge in [0.25, 0.3) is 5.91 Å². The smallest absolute Gasteiger partial charge is 0.314 e. The summed E-state index contributed by atoms with van der Waals surface area (Å²) in [6.07, 6.45) is -0.381. The van der Waals surface area contributed by atoms with Gasteiger partial charge in [0, 0.05) is 18.1 Å². The monoisotopic (exact) mass is 495 g/mol. The van der Waals surface area contributed by atoms with Crippen LogP contribution in [0.3, 0.4) is 0 Å². The first kappa shape index (κ1) is 24.8. The summed E-state index contributed by atoms with van der Waals surface area (Å²) in [4.78, 5) is 25.9. The van der Waals surface area contributed by atoms with E-state index in [1.165, 1.54) is 29.2 Å². The number of urea groups is 1. The average molecular weight is 496 g/mol. The number of hydroxylamine groups is 2. The Morgan fingerprint density at radius 1 is 1.06 bits per heavy atom. The maximum absolute atomic E-state index is 13.7. The first-order valence-electron chi connectivity index (χ1n) is 10.3. The fourth-order valence-electron chi connectivity index (χ4n) is 3.68. The molecule has 9 nitrogen and oxygen atoms in total. The van der Waals surface area contributed by atoms with Gasteiger partial charge in [-0.25, -0.2) is 18.3 Å². The molecule has 0 unspecified atom stereocenters. The summed E-state index contributed by atoms with van der Waals surface area (Å²) in [6.45, 7) is 3.09. The first-order valence-corrected chi connectivity index (χ1v) is 12.2. The Bertz CT molecular complexity index is 1110. The van der Waals surface area contributed by atoms with Crippen LogP contribution in [-0.4, -0.2) is 59.4 Å². The molecule has 0 saturated carbocycles. The van der Waals surface area contributed by atoms with Crippen LogP contribution in [0.1, 0.15) is 26.7 Å². The standard InChI is InChI=1S/C22H26ClN3O6S/c1-15(2)26(29)20(27)22(11-13-25(14-12-22)21(24)28)33(30,31)19-9-7-18(8-10-19)32-17-5-3-16(23)4-6-17/h3-10,15,29H,11-14H2,1-2H3,(H2,24,28). The summed E-state index contributed by atoms with van der Waals surface area (Å²) in [6, 6.07) is 11.0. The van der Waals surface area contributed by atoms with Crippen LogP contribution in [0.4, 0.5) is 4.79 Å². The second-order valence-corrected chi connectivity index (χ2v) is 10.8. The van der Waals surface area contributed by atoms with E-state index >= 15 is 0 Å². The Balaban J connectivity index is 1.93. The normalized spacial score (nSPS) is 15.8. The first-order chi connectivity index (χ1) is 15.5. The minimum atomic E-state index is -4.25. The Morgan fingerprint density at radius 2 is 1.55 bits per heavy atom. The molecular formula is C22H26ClN3O6S. The summed E-state index contributed by atoms with van der Waals surface area (Å²) >= 11 is 5.87. The molecule has 1 aliphatic heterocycles. The molecule has 0 aromatic heterocycles. The lowest BCUT2D eigenvalue weighted by molar-refractivity contribution is -0.177. The molecule has 2 aromatic rings. The maximum atomic E-state index is 13.7. The van der Waals surface area contributed by atoms with Gasteiger partial charge in [-0.15, -0.1) is 0 Å². The number of ether oxygens (including phenoxy) is 1. The number of hydrogen-bond donors (Lipinski definition) is 2. The van der Waals surface area contributed by atoms with Crippen molar-refractivity contribution in [2.45, 2.75) is 42.4 Å². The number of carbonyl (C=O) groups excluding carboxylic acids is 2. The molecule has 11 heteroatoms. The molecule has 1 saturated heterocycles. The number of rotatable bonds is 6. The fraction of sp³-hybridized carbons (Fsp3) is 0.364. The quantitative estimate of drug-likeness (QED) is 0.466. The third-order valence-electron chi connectivity index (χ3n) is 5.67. The molecule has 0 bridgehead atoms. The number of primary amides is 1. The van der Waals surface area contributed by atoms with Crippen molar-refractivity contribution in [2.75, 3.05) is 13.1 Å². The van der Waals surface area contributed by atoms with Gasteiger partial charge in [0.1, 0.15) is 11.5 Å². The SMILES string of the molecule is CC(C)N(O)C(=O)C1(S(=O)(=O)c2ccc(Oc3ccc(Cl)cc3)cc2)CCN(C(N)=O)CC1. The number of piperidine rings is 1. The Morgan fingerprint density at radius 3 is 2.00 bits per heavy atom. The second kappa shape index (κ2) is 9.58. The lowest BCUT2D eigenvalue weighted by atomic mass is 9.94. The lowest BCUT2D eigenvalue weighted by Crippen LogP contribution is -2.60. The van der Waals surface area contributed by atoms with E-state index in [9.17, 15) is 23.2 Å². The predicted molar refractivity (Wildman–Crippen MR) is 122 cm³/mol. The Hall–Kier alpha value is -2.82. The molecule has 2 aromatic carbocycles. The third kappa shape index (κ3) is 4.92. The van der Waals surface area contributed by atoms with Gasteiger partial charge in [-0.05, 0) is 75.2 Å². The molecule has 3 N–H and O–H groups in total. The molecule has 0 aliphatic carbocycles. The van der Waals surface area contributed by atoms with Crippen LogP contribution >= 0.6 is 11.6 Å². The minimum Gasteiger partial charge on any atom is -0.457 e. The van der Waals surface area contributed by atoms with E-state index < -0.39 is 32.6 Å². The Labute approximate surface area is 197 Å². The van der Waals surface area contributed by atoms with Crippen LogP contribution in [0.25, 0.3) is 0 Å². The molecule has 3 amide bonds. The number of halogens is 1. The third-order valence-corrected chi connectivity index (χ3v) is 8.42. The van der Waals surface area contributed by atoms with Crippen LogP contribution in [0.5, 0.6) is 11.5 Å². The van der Waals surface area contributed by atoms with Gasteiger partial charge in [0.2, 0.25) is 0 Å². The summed E-state index contributed by atoms with van der Waals surface area (Å²) in [7, 11) is -4.25. The van der Waals surface area contributed by atoms with Crippen LogP contribution in [0.2, 0.25) is 5.02 Å². The van der Waals surface area contributed by atoms with E-state index in [1.807, 2.05) is 0 Å². The van der Waals surface area contributed by atoms with Gasteiger partial charge in [-0.2, -0.15) is 0 Å². The van der Waals surface area contributed by atoms with Crippen LogP contribution in [-0.2, 0) is 14.6 Å². The van der Waals surface area contributed by atoms with E-state index in [1.54, 1.807) is 38.1 Å². The van der Waals surface area contributed by atoms with E-state index in [2.05, 4.69) is 0 Å². The van der Waals surface area contributed by atoms with Crippen LogP contribution in [0, 0.1) is 0 Å². The van der Waals surface area contributed by atoms with Gasteiger partial charge in [0.05, 0.1) is 10.9 Å². The van der Waals surface area contributed by atoms with Gasteiger partial charge in [0.15, 0.2) is 14.6 Å². The zero-order valence-electron chi connectivity index (χ0n) is 18.3. The molecule has 178 valence electrons. The molecule has 0 atom stereocenters. The molecule has 1 aliphatic rings. The van der Waals surface area contributed by atoms with Crippen molar-refractivity contribution in [3.8, 4) is 11.5 Å². The summed E-state index contributed by atoms with van der Waals surface area (Å²) in [5.41, 5.74) is 5.32.